The van der Waals surface area contributed by atoms with Crippen LogP contribution in [0, 0.1) is 5.92 Å². The lowest BCUT2D eigenvalue weighted by molar-refractivity contribution is -0.141. The summed E-state index contributed by atoms with van der Waals surface area (Å²) >= 11 is 0. The van der Waals surface area contributed by atoms with Crippen molar-refractivity contribution in [2.75, 3.05) is 32.8 Å². The van der Waals surface area contributed by atoms with Gasteiger partial charge in [0, 0.05) is 38.7 Å². The first-order valence-electron chi connectivity index (χ1n) is 8.36. The first-order valence-corrected chi connectivity index (χ1v) is 8.36. The van der Waals surface area contributed by atoms with Gasteiger partial charge in [-0.05, 0) is 32.1 Å². The average molecular weight is 296 g/mol. The molecule has 2 fully saturated rings. The van der Waals surface area contributed by atoms with E-state index in [1.54, 1.807) is 0 Å². The van der Waals surface area contributed by atoms with E-state index in [1.807, 2.05) is 9.80 Å². The van der Waals surface area contributed by atoms with E-state index in [1.165, 1.54) is 0 Å². The highest BCUT2D eigenvalue weighted by atomic mass is 16.5. The van der Waals surface area contributed by atoms with Crippen molar-refractivity contribution in [3.8, 4) is 0 Å². The maximum Gasteiger partial charge on any atom is 0.251 e. The van der Waals surface area contributed by atoms with Gasteiger partial charge in [0.2, 0.25) is 5.91 Å². The number of amides is 2. The van der Waals surface area contributed by atoms with Gasteiger partial charge in [0.05, 0.1) is 0 Å². The molecule has 21 heavy (non-hydrogen) atoms. The van der Waals surface area contributed by atoms with Gasteiger partial charge in [-0.2, -0.15) is 0 Å². The predicted molar refractivity (Wildman–Crippen MR) is 80.8 cm³/mol. The van der Waals surface area contributed by atoms with E-state index < -0.39 is 0 Å². The third-order valence-corrected chi connectivity index (χ3v) is 4.66. The maximum atomic E-state index is 12.4. The van der Waals surface area contributed by atoms with Crippen molar-refractivity contribution in [3.63, 3.8) is 0 Å². The zero-order valence-electron chi connectivity index (χ0n) is 13.3. The smallest absolute Gasteiger partial charge is 0.251 e. The molecule has 0 spiro atoms. The lowest BCUT2D eigenvalue weighted by Gasteiger charge is -2.26. The van der Waals surface area contributed by atoms with E-state index in [2.05, 4.69) is 13.8 Å². The van der Waals surface area contributed by atoms with Crippen LogP contribution < -0.4 is 0 Å². The molecule has 1 unspecified atom stereocenters. The van der Waals surface area contributed by atoms with E-state index in [0.717, 1.165) is 45.2 Å². The third kappa shape index (κ3) is 3.96. The largest absolute Gasteiger partial charge is 0.368 e. The van der Waals surface area contributed by atoms with Crippen molar-refractivity contribution >= 4 is 11.8 Å². The first kappa shape index (κ1) is 16.3. The quantitative estimate of drug-likeness (QED) is 0.793. The minimum Gasteiger partial charge on any atom is -0.368 e. The van der Waals surface area contributed by atoms with E-state index in [4.69, 9.17) is 4.74 Å². The SMILES string of the molecule is CCC(CC)C(=O)N1CCCN(C(=O)C2CCCO2)CC1. The summed E-state index contributed by atoms with van der Waals surface area (Å²) in [7, 11) is 0. The van der Waals surface area contributed by atoms with Gasteiger partial charge in [0.15, 0.2) is 0 Å². The van der Waals surface area contributed by atoms with Crippen LogP contribution in [0.15, 0.2) is 0 Å². The third-order valence-electron chi connectivity index (χ3n) is 4.66. The Kier molecular flexibility index (Phi) is 6.03. The summed E-state index contributed by atoms with van der Waals surface area (Å²) in [5, 5.41) is 0. The molecule has 0 saturated carbocycles. The van der Waals surface area contributed by atoms with Crippen LogP contribution in [0.2, 0.25) is 0 Å². The van der Waals surface area contributed by atoms with Crippen LogP contribution in [0.4, 0.5) is 0 Å². The van der Waals surface area contributed by atoms with Gasteiger partial charge < -0.3 is 14.5 Å². The fourth-order valence-electron chi connectivity index (χ4n) is 3.23. The molecule has 2 saturated heterocycles. The summed E-state index contributed by atoms with van der Waals surface area (Å²) in [4.78, 5) is 28.6. The Hall–Kier alpha value is -1.10. The fourth-order valence-corrected chi connectivity index (χ4v) is 3.23. The molecular weight excluding hydrogens is 268 g/mol. The van der Waals surface area contributed by atoms with Crippen LogP contribution in [0.25, 0.3) is 0 Å². The Balaban J connectivity index is 1.89. The van der Waals surface area contributed by atoms with Gasteiger partial charge >= 0.3 is 0 Å². The number of rotatable bonds is 4. The average Bonchev–Trinajstić information content (AvgIpc) is 2.92. The minimum absolute atomic E-state index is 0.115. The fraction of sp³-hybridized carbons (Fsp3) is 0.875. The summed E-state index contributed by atoms with van der Waals surface area (Å²) < 4.78 is 5.48. The molecule has 0 aromatic heterocycles. The van der Waals surface area contributed by atoms with Gasteiger partial charge in [-0.3, -0.25) is 9.59 Å². The van der Waals surface area contributed by atoms with Gasteiger partial charge in [-0.15, -0.1) is 0 Å². The Morgan fingerprint density at radius 2 is 1.71 bits per heavy atom. The molecule has 2 aliphatic heterocycles. The highest BCUT2D eigenvalue weighted by molar-refractivity contribution is 5.82. The molecule has 2 heterocycles. The van der Waals surface area contributed by atoms with Gasteiger partial charge in [-0.1, -0.05) is 13.8 Å². The lowest BCUT2D eigenvalue weighted by Crippen LogP contribution is -2.42. The van der Waals surface area contributed by atoms with Crippen molar-refractivity contribution in [1.29, 1.82) is 0 Å². The summed E-state index contributed by atoms with van der Waals surface area (Å²) in [6, 6.07) is 0. The summed E-state index contributed by atoms with van der Waals surface area (Å²) in [6.45, 7) is 7.65. The summed E-state index contributed by atoms with van der Waals surface area (Å²) in [5.74, 6) is 0.501. The topological polar surface area (TPSA) is 49.9 Å². The van der Waals surface area contributed by atoms with Crippen molar-refractivity contribution in [2.45, 2.75) is 52.1 Å². The van der Waals surface area contributed by atoms with Crippen molar-refractivity contribution in [2.24, 2.45) is 5.92 Å². The lowest BCUT2D eigenvalue weighted by atomic mass is 10.0. The molecule has 2 rings (SSSR count). The first-order chi connectivity index (χ1) is 10.2. The molecule has 0 aromatic carbocycles. The second-order valence-electron chi connectivity index (χ2n) is 6.02. The molecular formula is C16H28N2O3. The maximum absolute atomic E-state index is 12.4. The van der Waals surface area contributed by atoms with Crippen molar-refractivity contribution in [1.82, 2.24) is 9.80 Å². The van der Waals surface area contributed by atoms with Crippen LogP contribution in [-0.4, -0.2) is 60.5 Å². The number of carbonyl (C=O) groups excluding carboxylic acids is 2. The van der Waals surface area contributed by atoms with Crippen LogP contribution >= 0.6 is 0 Å². The van der Waals surface area contributed by atoms with Gasteiger partial charge in [0.25, 0.3) is 5.91 Å². The number of ether oxygens (including phenoxy) is 1. The van der Waals surface area contributed by atoms with Crippen LogP contribution in [-0.2, 0) is 14.3 Å². The number of nitrogens with zero attached hydrogens (tertiary/aromatic N) is 2. The van der Waals surface area contributed by atoms with E-state index in [9.17, 15) is 9.59 Å². The molecule has 2 amide bonds. The zero-order valence-corrected chi connectivity index (χ0v) is 13.3. The number of hydrogen-bond donors (Lipinski definition) is 0. The number of carbonyl (C=O) groups is 2. The molecule has 1 atom stereocenters. The number of hydrogen-bond acceptors (Lipinski definition) is 3. The molecule has 2 aliphatic rings. The predicted octanol–water partition coefficient (Wildman–Crippen LogP) is 1.66. The van der Waals surface area contributed by atoms with Gasteiger partial charge in [-0.25, -0.2) is 0 Å². The summed E-state index contributed by atoms with van der Waals surface area (Å²) in [5.41, 5.74) is 0. The standard InChI is InChI=1S/C16H28N2O3/c1-3-13(4-2)15(19)17-8-6-9-18(11-10-17)16(20)14-7-5-12-21-14/h13-14H,3-12H2,1-2H3. The van der Waals surface area contributed by atoms with Crippen molar-refractivity contribution in [3.05, 3.63) is 0 Å². The van der Waals surface area contributed by atoms with E-state index >= 15 is 0 Å². The molecule has 120 valence electrons. The molecule has 5 nitrogen and oxygen atoms in total. The zero-order chi connectivity index (χ0) is 15.2. The molecule has 0 radical (unpaired) electrons. The summed E-state index contributed by atoms with van der Waals surface area (Å²) in [6.07, 6.45) is 4.22. The molecule has 0 aliphatic carbocycles. The Labute approximate surface area is 127 Å². The van der Waals surface area contributed by atoms with E-state index in [-0.39, 0.29) is 23.8 Å². The van der Waals surface area contributed by atoms with Gasteiger partial charge in [0.1, 0.15) is 6.10 Å². The van der Waals surface area contributed by atoms with E-state index in [0.29, 0.717) is 19.7 Å². The Morgan fingerprint density at radius 3 is 2.33 bits per heavy atom. The van der Waals surface area contributed by atoms with Crippen LogP contribution in [0.1, 0.15) is 46.0 Å². The van der Waals surface area contributed by atoms with Crippen LogP contribution in [0.3, 0.4) is 0 Å². The molecule has 0 aromatic rings. The Bertz CT molecular complexity index is 341. The Morgan fingerprint density at radius 1 is 1.05 bits per heavy atom. The van der Waals surface area contributed by atoms with Crippen molar-refractivity contribution < 1.29 is 14.3 Å². The normalized spacial score (nSPS) is 23.5. The second kappa shape index (κ2) is 7.78. The highest BCUT2D eigenvalue weighted by Gasteiger charge is 2.30. The highest BCUT2D eigenvalue weighted by Crippen LogP contribution is 2.18. The monoisotopic (exact) mass is 296 g/mol. The van der Waals surface area contributed by atoms with Crippen LogP contribution in [0.5, 0.6) is 0 Å². The molecule has 0 bridgehead atoms. The molecule has 0 N–H and O–H groups in total. The second-order valence-corrected chi connectivity index (χ2v) is 6.02. The minimum atomic E-state index is -0.244. The molecule has 5 heteroatoms.